The second kappa shape index (κ2) is 6.37. The van der Waals surface area contributed by atoms with Crippen molar-refractivity contribution in [2.24, 2.45) is 41.5 Å². The zero-order valence-electron chi connectivity index (χ0n) is 17.1. The molecule has 4 saturated carbocycles. The Morgan fingerprint density at radius 1 is 1.11 bits per heavy atom. The molecule has 4 aliphatic rings. The number of Topliss-reactive ketones (excluding diaryl/α,β-unsaturated/α-hetero) is 1. The monoisotopic (exact) mass is 386 g/mol. The molecule has 4 aliphatic carbocycles. The number of hydrogen-bond donors (Lipinski definition) is 0. The number of thioether (sulfide) groups is 1. The molecule has 1 heterocycles. The van der Waals surface area contributed by atoms with Crippen LogP contribution in [0.5, 0.6) is 0 Å². The lowest BCUT2D eigenvalue weighted by Crippen LogP contribution is -2.52. The van der Waals surface area contributed by atoms with Crippen LogP contribution in [0, 0.1) is 34.5 Å². The smallest absolute Gasteiger partial charge is 0.168 e. The summed E-state index contributed by atoms with van der Waals surface area (Å²) in [4.78, 5) is 18.0. The van der Waals surface area contributed by atoms with E-state index < -0.39 is 0 Å². The Balaban J connectivity index is 1.41. The fraction of sp³-hybridized carbons (Fsp3) is 0.826. The van der Waals surface area contributed by atoms with Gasteiger partial charge in [0, 0.05) is 24.9 Å². The van der Waals surface area contributed by atoms with Crippen molar-refractivity contribution in [1.29, 1.82) is 0 Å². The number of rotatable bonds is 2. The Kier molecular flexibility index (Phi) is 4.31. The molecule has 5 rings (SSSR count). The summed E-state index contributed by atoms with van der Waals surface area (Å²) in [5.41, 5.74) is 0.471. The second-order valence-electron chi connectivity index (χ2n) is 10.4. The van der Waals surface area contributed by atoms with Crippen LogP contribution in [0.25, 0.3) is 0 Å². The van der Waals surface area contributed by atoms with E-state index in [4.69, 9.17) is 0 Å². The zero-order valence-corrected chi connectivity index (χ0v) is 17.9. The Morgan fingerprint density at radius 3 is 2.74 bits per heavy atom. The standard InChI is InChI=1S/C23H34N2OS/c1-22-10-5-4-6-15(22)7-8-16-17(22)9-11-23(2)18(16)14-19(20(23)26)27-21-24-12-13-25(21)3/h12-13,15-19H,4-11,14H2,1-3H3/t15-,16-,17+,18+,19+,22+,23+/m1/s1. The molecule has 4 heteroatoms. The van der Waals surface area contributed by atoms with Gasteiger partial charge in [0.2, 0.25) is 0 Å². The first kappa shape index (κ1) is 18.3. The third-order valence-corrected chi connectivity index (χ3v) is 10.6. The molecule has 0 radical (unpaired) electrons. The van der Waals surface area contributed by atoms with E-state index in [1.165, 1.54) is 44.9 Å². The van der Waals surface area contributed by atoms with Crippen molar-refractivity contribution in [2.45, 2.75) is 82.0 Å². The Bertz CT molecular complexity index is 744. The minimum atomic E-state index is -0.0815. The van der Waals surface area contributed by atoms with Crippen molar-refractivity contribution in [1.82, 2.24) is 9.55 Å². The number of carbonyl (C=O) groups is 1. The van der Waals surface area contributed by atoms with Gasteiger partial charge in [-0.1, -0.05) is 38.5 Å². The number of hydrogen-bond acceptors (Lipinski definition) is 3. The third-order valence-electron chi connectivity index (χ3n) is 9.32. The minimum Gasteiger partial charge on any atom is -0.329 e. The molecule has 148 valence electrons. The molecule has 4 fully saturated rings. The predicted octanol–water partition coefficient (Wildman–Crippen LogP) is 5.49. The van der Waals surface area contributed by atoms with Crippen molar-refractivity contribution in [3.05, 3.63) is 12.4 Å². The SMILES string of the molecule is Cn1ccnc1S[C@H]1C[C@H]2[C@@H]3CC[C@H]4CCCC[C@]4(C)[C@H]3CC[C@]2(C)C1=O. The number of aromatic nitrogens is 2. The second-order valence-corrected chi connectivity index (χ2v) is 11.6. The molecule has 0 spiro atoms. The lowest BCUT2D eigenvalue weighted by molar-refractivity contribution is -0.138. The first-order valence-electron chi connectivity index (χ1n) is 11.1. The van der Waals surface area contributed by atoms with Gasteiger partial charge in [0.05, 0.1) is 5.25 Å². The van der Waals surface area contributed by atoms with E-state index in [0.29, 0.717) is 17.1 Å². The molecule has 0 aliphatic heterocycles. The molecular weight excluding hydrogens is 352 g/mol. The molecule has 7 atom stereocenters. The van der Waals surface area contributed by atoms with Crippen LogP contribution >= 0.6 is 11.8 Å². The van der Waals surface area contributed by atoms with Gasteiger partial charge in [-0.25, -0.2) is 4.98 Å². The van der Waals surface area contributed by atoms with Crippen molar-refractivity contribution in [2.75, 3.05) is 0 Å². The predicted molar refractivity (Wildman–Crippen MR) is 110 cm³/mol. The first-order valence-corrected chi connectivity index (χ1v) is 12.0. The van der Waals surface area contributed by atoms with Crippen LogP contribution in [0.4, 0.5) is 0 Å². The van der Waals surface area contributed by atoms with E-state index in [-0.39, 0.29) is 10.7 Å². The van der Waals surface area contributed by atoms with E-state index in [2.05, 4.69) is 23.4 Å². The minimum absolute atomic E-state index is 0.0815. The lowest BCUT2D eigenvalue weighted by atomic mass is 9.45. The average molecular weight is 387 g/mol. The van der Waals surface area contributed by atoms with E-state index in [1.807, 2.05) is 19.4 Å². The highest BCUT2D eigenvalue weighted by molar-refractivity contribution is 8.00. The molecule has 0 N–H and O–H groups in total. The van der Waals surface area contributed by atoms with Crippen LogP contribution in [0.2, 0.25) is 0 Å². The summed E-state index contributed by atoms with van der Waals surface area (Å²) in [5, 5.41) is 1.10. The van der Waals surface area contributed by atoms with Gasteiger partial charge in [-0.2, -0.15) is 0 Å². The Hall–Kier alpha value is -0.770. The Labute approximate surface area is 168 Å². The summed E-state index contributed by atoms with van der Waals surface area (Å²) in [6, 6.07) is 0. The normalized spacial score (nSPS) is 46.6. The van der Waals surface area contributed by atoms with Crippen LogP contribution in [0.3, 0.4) is 0 Å². The molecular formula is C23H34N2OS. The van der Waals surface area contributed by atoms with Crippen LogP contribution in [-0.4, -0.2) is 20.6 Å². The summed E-state index contributed by atoms with van der Waals surface area (Å²) in [6.45, 7) is 4.93. The number of ketones is 1. The molecule has 27 heavy (non-hydrogen) atoms. The fourth-order valence-electron chi connectivity index (χ4n) is 7.76. The lowest BCUT2D eigenvalue weighted by Gasteiger charge is -2.59. The maximum atomic E-state index is 13.5. The maximum Gasteiger partial charge on any atom is 0.168 e. The van der Waals surface area contributed by atoms with Crippen LogP contribution in [0.1, 0.15) is 71.6 Å². The summed E-state index contributed by atoms with van der Waals surface area (Å²) in [7, 11) is 2.03. The van der Waals surface area contributed by atoms with Gasteiger partial charge in [-0.3, -0.25) is 4.79 Å². The molecule has 0 saturated heterocycles. The van der Waals surface area contributed by atoms with Gasteiger partial charge in [0.15, 0.2) is 10.9 Å². The van der Waals surface area contributed by atoms with Gasteiger partial charge in [-0.05, 0) is 74.0 Å². The molecule has 0 aromatic carbocycles. The third kappa shape index (κ3) is 2.61. The highest BCUT2D eigenvalue weighted by atomic mass is 32.2. The maximum absolute atomic E-state index is 13.5. The average Bonchev–Trinajstić information content (AvgIpc) is 3.17. The van der Waals surface area contributed by atoms with E-state index in [1.54, 1.807) is 11.8 Å². The fourth-order valence-corrected chi connectivity index (χ4v) is 9.04. The van der Waals surface area contributed by atoms with Crippen molar-refractivity contribution in [3.8, 4) is 0 Å². The first-order chi connectivity index (χ1) is 12.9. The van der Waals surface area contributed by atoms with E-state index in [0.717, 1.165) is 35.8 Å². The van der Waals surface area contributed by atoms with Gasteiger partial charge < -0.3 is 4.57 Å². The number of aryl methyl sites for hydroxylation is 1. The summed E-state index contributed by atoms with van der Waals surface area (Å²) >= 11 is 1.72. The highest BCUT2D eigenvalue weighted by Crippen LogP contribution is 2.66. The van der Waals surface area contributed by atoms with Crippen molar-refractivity contribution < 1.29 is 4.79 Å². The van der Waals surface area contributed by atoms with Crippen LogP contribution in [0.15, 0.2) is 17.6 Å². The highest BCUT2D eigenvalue weighted by Gasteiger charge is 2.62. The van der Waals surface area contributed by atoms with Gasteiger partial charge in [0.1, 0.15) is 0 Å². The molecule has 1 aromatic rings. The molecule has 1 aromatic heterocycles. The molecule has 3 nitrogen and oxygen atoms in total. The van der Waals surface area contributed by atoms with Crippen LogP contribution in [-0.2, 0) is 11.8 Å². The van der Waals surface area contributed by atoms with Gasteiger partial charge in [-0.15, -0.1) is 0 Å². The van der Waals surface area contributed by atoms with E-state index >= 15 is 0 Å². The summed E-state index contributed by atoms with van der Waals surface area (Å²) in [6.07, 6.45) is 15.9. The molecule has 0 unspecified atom stereocenters. The van der Waals surface area contributed by atoms with Gasteiger partial charge in [0.25, 0.3) is 0 Å². The number of imidazole rings is 1. The molecule has 0 bridgehead atoms. The van der Waals surface area contributed by atoms with Crippen molar-refractivity contribution >= 4 is 17.5 Å². The summed E-state index contributed by atoms with van der Waals surface area (Å²) < 4.78 is 2.05. The summed E-state index contributed by atoms with van der Waals surface area (Å²) in [5.74, 6) is 3.71. The quantitative estimate of drug-likeness (QED) is 0.674. The van der Waals surface area contributed by atoms with Crippen molar-refractivity contribution in [3.63, 3.8) is 0 Å². The van der Waals surface area contributed by atoms with Gasteiger partial charge >= 0.3 is 0 Å². The number of fused-ring (bicyclic) bond motifs is 5. The Morgan fingerprint density at radius 2 is 1.96 bits per heavy atom. The topological polar surface area (TPSA) is 34.9 Å². The largest absolute Gasteiger partial charge is 0.329 e. The zero-order chi connectivity index (χ0) is 18.8. The van der Waals surface area contributed by atoms with Crippen LogP contribution < -0.4 is 0 Å². The van der Waals surface area contributed by atoms with E-state index in [9.17, 15) is 4.79 Å². The number of nitrogens with zero attached hydrogens (tertiary/aromatic N) is 2. The number of carbonyl (C=O) groups excluding carboxylic acids is 1. The molecule has 0 amide bonds.